The molecule has 0 unspecified atom stereocenters. The van der Waals surface area contributed by atoms with Gasteiger partial charge < -0.3 is 14.7 Å². The molecule has 1 aromatic rings. The zero-order valence-electron chi connectivity index (χ0n) is 12.1. The largest absolute Gasteiger partial charge is 0.478 e. The topological polar surface area (TPSA) is 78.9 Å². The highest BCUT2D eigenvalue weighted by Gasteiger charge is 2.21. The van der Waals surface area contributed by atoms with Gasteiger partial charge in [-0.25, -0.2) is 9.59 Å². The van der Waals surface area contributed by atoms with E-state index in [1.165, 1.54) is 16.2 Å². The van der Waals surface area contributed by atoms with Gasteiger partial charge in [0.15, 0.2) is 0 Å². The summed E-state index contributed by atoms with van der Waals surface area (Å²) in [5.74, 6) is -1.02. The van der Waals surface area contributed by atoms with Crippen molar-refractivity contribution in [2.24, 2.45) is 0 Å². The first kappa shape index (κ1) is 16.5. The molecule has 0 saturated heterocycles. The summed E-state index contributed by atoms with van der Waals surface area (Å²) in [4.78, 5) is 25.6. The lowest BCUT2D eigenvalue weighted by Gasteiger charge is -2.17. The van der Waals surface area contributed by atoms with E-state index >= 15 is 0 Å². The fourth-order valence-corrected chi connectivity index (χ4v) is 2.75. The molecule has 1 aromatic heterocycles. The van der Waals surface area contributed by atoms with Gasteiger partial charge in [-0.3, -0.25) is 5.32 Å². The van der Waals surface area contributed by atoms with Crippen molar-refractivity contribution in [3.63, 3.8) is 0 Å². The fourth-order valence-electron chi connectivity index (χ4n) is 1.71. The van der Waals surface area contributed by atoms with Crippen LogP contribution >= 0.6 is 11.3 Å². The smallest absolute Gasteiger partial charge is 0.338 e. The van der Waals surface area contributed by atoms with Crippen molar-refractivity contribution in [1.29, 1.82) is 0 Å². The predicted octanol–water partition coefficient (Wildman–Crippen LogP) is 2.56. The maximum absolute atomic E-state index is 12.0. The molecule has 0 fully saturated rings. The van der Waals surface area contributed by atoms with Crippen LogP contribution in [0.2, 0.25) is 0 Å². The summed E-state index contributed by atoms with van der Waals surface area (Å²) < 4.78 is 4.93. The van der Waals surface area contributed by atoms with Crippen LogP contribution in [0.3, 0.4) is 0 Å². The van der Waals surface area contributed by atoms with Crippen LogP contribution in [0.1, 0.15) is 27.2 Å². The van der Waals surface area contributed by atoms with Crippen LogP contribution in [-0.4, -0.2) is 49.3 Å². The highest BCUT2D eigenvalue weighted by Crippen LogP contribution is 2.32. The van der Waals surface area contributed by atoms with Gasteiger partial charge >= 0.3 is 12.0 Å². The quantitative estimate of drug-likeness (QED) is 0.791. The minimum Gasteiger partial charge on any atom is -0.478 e. The number of carboxylic acids is 1. The van der Waals surface area contributed by atoms with E-state index in [9.17, 15) is 14.7 Å². The van der Waals surface area contributed by atoms with E-state index in [4.69, 9.17) is 4.74 Å². The number of amides is 2. The number of aryl methyl sites for hydroxylation is 1. The molecule has 0 atom stereocenters. The highest BCUT2D eigenvalue weighted by atomic mass is 32.1. The third kappa shape index (κ3) is 3.94. The molecule has 112 valence electrons. The highest BCUT2D eigenvalue weighted by molar-refractivity contribution is 7.16. The molecule has 0 aliphatic carbocycles. The van der Waals surface area contributed by atoms with Crippen molar-refractivity contribution in [3.05, 3.63) is 16.0 Å². The molecule has 6 nitrogen and oxygen atoms in total. The number of aromatic carboxylic acids is 1. The van der Waals surface area contributed by atoms with Crippen LogP contribution in [0.4, 0.5) is 9.80 Å². The maximum atomic E-state index is 12.0. The van der Waals surface area contributed by atoms with Gasteiger partial charge in [-0.05, 0) is 25.8 Å². The number of thiophene rings is 1. The minimum atomic E-state index is -1.02. The van der Waals surface area contributed by atoms with E-state index in [0.29, 0.717) is 23.7 Å². The summed E-state index contributed by atoms with van der Waals surface area (Å²) in [7, 11) is 3.27. The Kier molecular flexibility index (Phi) is 5.97. The summed E-state index contributed by atoms with van der Waals surface area (Å²) in [5, 5.41) is 12.3. The molecular formula is C13H20N2O4S. The summed E-state index contributed by atoms with van der Waals surface area (Å²) in [6.45, 7) is 4.71. The average molecular weight is 300 g/mol. The molecular weight excluding hydrogens is 280 g/mol. The first-order chi connectivity index (χ1) is 9.38. The van der Waals surface area contributed by atoms with Crippen molar-refractivity contribution in [3.8, 4) is 0 Å². The first-order valence-electron chi connectivity index (χ1n) is 6.22. The molecule has 0 aliphatic rings. The number of urea groups is 1. The molecule has 0 aromatic carbocycles. The molecule has 2 amide bonds. The Bertz CT molecular complexity index is 499. The number of carbonyl (C=O) groups is 2. The van der Waals surface area contributed by atoms with E-state index in [0.717, 1.165) is 11.3 Å². The average Bonchev–Trinajstić information content (AvgIpc) is 2.64. The zero-order chi connectivity index (χ0) is 15.3. The number of nitrogens with one attached hydrogen (secondary N) is 1. The Hall–Kier alpha value is -1.60. The van der Waals surface area contributed by atoms with Gasteiger partial charge in [-0.15, -0.1) is 11.3 Å². The summed E-state index contributed by atoms with van der Waals surface area (Å²) in [6, 6.07) is -0.315. The number of carboxylic acid groups (broad SMARTS) is 1. The van der Waals surface area contributed by atoms with Gasteiger partial charge in [-0.1, -0.05) is 0 Å². The van der Waals surface area contributed by atoms with Gasteiger partial charge in [0.1, 0.15) is 5.00 Å². The van der Waals surface area contributed by atoms with Crippen LogP contribution in [0.15, 0.2) is 0 Å². The van der Waals surface area contributed by atoms with Gasteiger partial charge in [0.25, 0.3) is 0 Å². The number of anilines is 1. The van der Waals surface area contributed by atoms with Crippen molar-refractivity contribution in [2.45, 2.75) is 20.3 Å². The second-order valence-corrected chi connectivity index (χ2v) is 5.72. The van der Waals surface area contributed by atoms with E-state index in [-0.39, 0.29) is 11.6 Å². The molecule has 0 radical (unpaired) electrons. The lowest BCUT2D eigenvalue weighted by atomic mass is 10.1. The number of hydrogen-bond acceptors (Lipinski definition) is 4. The van der Waals surface area contributed by atoms with Crippen molar-refractivity contribution < 1.29 is 19.4 Å². The van der Waals surface area contributed by atoms with E-state index in [1.807, 2.05) is 6.92 Å². The number of rotatable bonds is 6. The Morgan fingerprint density at radius 3 is 2.60 bits per heavy atom. The monoisotopic (exact) mass is 300 g/mol. The van der Waals surface area contributed by atoms with E-state index < -0.39 is 5.97 Å². The van der Waals surface area contributed by atoms with E-state index in [2.05, 4.69) is 5.32 Å². The van der Waals surface area contributed by atoms with Gasteiger partial charge in [0.2, 0.25) is 0 Å². The van der Waals surface area contributed by atoms with Gasteiger partial charge in [0.05, 0.1) is 5.56 Å². The third-order valence-corrected chi connectivity index (χ3v) is 4.13. The molecule has 1 heterocycles. The molecule has 0 aliphatic heterocycles. The van der Waals surface area contributed by atoms with Crippen LogP contribution < -0.4 is 5.32 Å². The predicted molar refractivity (Wildman–Crippen MR) is 78.9 cm³/mol. The molecule has 7 heteroatoms. The normalized spacial score (nSPS) is 10.4. The Balaban J connectivity index is 2.75. The molecule has 0 spiro atoms. The van der Waals surface area contributed by atoms with Crippen molar-refractivity contribution in [2.75, 3.05) is 32.6 Å². The number of hydrogen-bond donors (Lipinski definition) is 2. The summed E-state index contributed by atoms with van der Waals surface area (Å²) >= 11 is 1.28. The number of ether oxygens (including phenoxy) is 1. The van der Waals surface area contributed by atoms with Crippen LogP contribution in [-0.2, 0) is 4.74 Å². The zero-order valence-corrected chi connectivity index (χ0v) is 13.0. The summed E-state index contributed by atoms with van der Waals surface area (Å²) in [5.41, 5.74) is 0.867. The minimum absolute atomic E-state index is 0.172. The lowest BCUT2D eigenvalue weighted by molar-refractivity contribution is 0.0697. The van der Waals surface area contributed by atoms with Crippen LogP contribution in [0, 0.1) is 13.8 Å². The standard InChI is InChI=1S/C13H20N2O4S/c1-8-9(2)20-11(10(8)12(16)17)14-13(18)15(3)6-5-7-19-4/h5-7H2,1-4H3,(H,14,18)(H,16,17). The summed E-state index contributed by atoms with van der Waals surface area (Å²) in [6.07, 6.45) is 0.731. The molecule has 1 rings (SSSR count). The molecule has 0 saturated carbocycles. The first-order valence-corrected chi connectivity index (χ1v) is 7.04. The van der Waals surface area contributed by atoms with E-state index in [1.54, 1.807) is 21.1 Å². The Morgan fingerprint density at radius 2 is 2.05 bits per heavy atom. The number of nitrogens with zero attached hydrogens (tertiary/aromatic N) is 1. The fraction of sp³-hybridized carbons (Fsp3) is 0.538. The lowest BCUT2D eigenvalue weighted by Crippen LogP contribution is -2.32. The van der Waals surface area contributed by atoms with Crippen LogP contribution in [0.5, 0.6) is 0 Å². The maximum Gasteiger partial charge on any atom is 0.338 e. The van der Waals surface area contributed by atoms with Crippen molar-refractivity contribution in [1.82, 2.24) is 4.90 Å². The molecule has 0 bridgehead atoms. The molecule has 20 heavy (non-hydrogen) atoms. The SMILES string of the molecule is COCCCN(C)C(=O)Nc1sc(C)c(C)c1C(=O)O. The van der Waals surface area contributed by atoms with Crippen LogP contribution in [0.25, 0.3) is 0 Å². The second-order valence-electron chi connectivity index (χ2n) is 4.49. The Morgan fingerprint density at radius 1 is 1.40 bits per heavy atom. The van der Waals surface area contributed by atoms with Gasteiger partial charge in [0, 0.05) is 32.2 Å². The second kappa shape index (κ2) is 7.25. The number of methoxy groups -OCH3 is 1. The van der Waals surface area contributed by atoms with Gasteiger partial charge in [-0.2, -0.15) is 0 Å². The number of carbonyl (C=O) groups excluding carboxylic acids is 1. The Labute approximate surface area is 122 Å². The molecule has 2 N–H and O–H groups in total. The third-order valence-electron chi connectivity index (χ3n) is 3.01. The van der Waals surface area contributed by atoms with Crippen molar-refractivity contribution >= 4 is 28.3 Å².